The third-order valence-corrected chi connectivity index (χ3v) is 4.22. The molecule has 0 spiro atoms. The molecule has 22 heavy (non-hydrogen) atoms. The highest BCUT2D eigenvalue weighted by molar-refractivity contribution is 14.0. The number of halogens is 2. The summed E-state index contributed by atoms with van der Waals surface area (Å²) in [5.74, 6) is 0.820. The number of hydrogen-bond donors (Lipinski definition) is 1. The van der Waals surface area contributed by atoms with Crippen molar-refractivity contribution in [2.45, 2.75) is 20.0 Å². The van der Waals surface area contributed by atoms with Gasteiger partial charge >= 0.3 is 0 Å². The van der Waals surface area contributed by atoms with Gasteiger partial charge in [0.25, 0.3) is 0 Å². The van der Waals surface area contributed by atoms with Crippen LogP contribution in [0.1, 0.15) is 16.3 Å². The number of nitrogens with zero attached hydrogens (tertiary/aromatic N) is 3. The SMILES string of the molecule is CN=C(NCc1ccccc1Cl)N(C)Cc1csc(C)n1.I. The third kappa shape index (κ3) is 5.40. The van der Waals surface area contributed by atoms with Gasteiger partial charge in [-0.15, -0.1) is 35.3 Å². The van der Waals surface area contributed by atoms with Gasteiger partial charge in [-0.2, -0.15) is 0 Å². The molecule has 1 aromatic heterocycles. The maximum Gasteiger partial charge on any atom is 0.194 e. The van der Waals surface area contributed by atoms with Crippen molar-refractivity contribution in [3.8, 4) is 0 Å². The molecule has 0 atom stereocenters. The second-order valence-electron chi connectivity index (χ2n) is 4.71. The lowest BCUT2D eigenvalue weighted by Crippen LogP contribution is -2.38. The molecule has 1 heterocycles. The van der Waals surface area contributed by atoms with Gasteiger partial charge in [0, 0.05) is 31.0 Å². The zero-order valence-electron chi connectivity index (χ0n) is 12.8. The molecule has 7 heteroatoms. The lowest BCUT2D eigenvalue weighted by Gasteiger charge is -2.21. The molecular formula is C15H20ClIN4S. The predicted molar refractivity (Wildman–Crippen MR) is 105 cm³/mol. The molecule has 0 radical (unpaired) electrons. The van der Waals surface area contributed by atoms with Crippen LogP contribution in [0.2, 0.25) is 5.02 Å². The first-order valence-electron chi connectivity index (χ1n) is 6.66. The average Bonchev–Trinajstić information content (AvgIpc) is 2.86. The second-order valence-corrected chi connectivity index (χ2v) is 6.18. The van der Waals surface area contributed by atoms with Crippen LogP contribution in [-0.2, 0) is 13.1 Å². The zero-order valence-corrected chi connectivity index (χ0v) is 16.7. The summed E-state index contributed by atoms with van der Waals surface area (Å²) < 4.78 is 0. The molecule has 0 bridgehead atoms. The Labute approximate surface area is 157 Å². The maximum atomic E-state index is 6.16. The summed E-state index contributed by atoms with van der Waals surface area (Å²) in [7, 11) is 3.77. The van der Waals surface area contributed by atoms with Crippen molar-refractivity contribution in [3.63, 3.8) is 0 Å². The fraction of sp³-hybridized carbons (Fsp3) is 0.333. The minimum Gasteiger partial charge on any atom is -0.352 e. The Kier molecular flexibility index (Phi) is 8.13. The Morgan fingerprint density at radius 2 is 2.14 bits per heavy atom. The van der Waals surface area contributed by atoms with E-state index in [0.717, 1.165) is 33.8 Å². The van der Waals surface area contributed by atoms with Crippen LogP contribution in [0.4, 0.5) is 0 Å². The minimum absolute atomic E-state index is 0. The molecule has 0 amide bonds. The quantitative estimate of drug-likeness (QED) is 0.436. The predicted octanol–water partition coefficient (Wildman–Crippen LogP) is 3.93. The Hall–Kier alpha value is -0.860. The largest absolute Gasteiger partial charge is 0.352 e. The molecule has 0 aliphatic carbocycles. The van der Waals surface area contributed by atoms with Gasteiger partial charge in [-0.05, 0) is 18.6 Å². The standard InChI is InChI=1S/C15H19ClN4S.HI/c1-11-19-13(10-21-11)9-20(3)15(17-2)18-8-12-6-4-5-7-14(12)16;/h4-7,10H,8-9H2,1-3H3,(H,17,18);1H. The number of aromatic nitrogens is 1. The number of aryl methyl sites for hydroxylation is 1. The van der Waals surface area contributed by atoms with Gasteiger partial charge < -0.3 is 10.2 Å². The van der Waals surface area contributed by atoms with Crippen molar-refractivity contribution in [2.24, 2.45) is 4.99 Å². The van der Waals surface area contributed by atoms with E-state index in [1.807, 2.05) is 43.1 Å². The van der Waals surface area contributed by atoms with Crippen LogP contribution in [0, 0.1) is 6.92 Å². The molecule has 2 aromatic rings. The van der Waals surface area contributed by atoms with Gasteiger partial charge in [-0.1, -0.05) is 29.8 Å². The van der Waals surface area contributed by atoms with Gasteiger partial charge in [0.05, 0.1) is 17.2 Å². The minimum atomic E-state index is 0. The third-order valence-electron chi connectivity index (χ3n) is 3.03. The first-order chi connectivity index (χ1) is 10.1. The highest BCUT2D eigenvalue weighted by Crippen LogP contribution is 2.14. The van der Waals surface area contributed by atoms with E-state index in [4.69, 9.17) is 11.6 Å². The fourth-order valence-electron chi connectivity index (χ4n) is 2.00. The summed E-state index contributed by atoms with van der Waals surface area (Å²) >= 11 is 7.82. The van der Waals surface area contributed by atoms with E-state index in [9.17, 15) is 0 Å². The van der Waals surface area contributed by atoms with Crippen LogP contribution < -0.4 is 5.32 Å². The van der Waals surface area contributed by atoms with E-state index >= 15 is 0 Å². The first kappa shape index (κ1) is 19.2. The van der Waals surface area contributed by atoms with Crippen LogP contribution in [0.15, 0.2) is 34.6 Å². The number of benzene rings is 1. The molecule has 2 rings (SSSR count). The number of aliphatic imine (C=N–C) groups is 1. The molecule has 0 aliphatic rings. The van der Waals surface area contributed by atoms with Crippen molar-refractivity contribution < 1.29 is 0 Å². The summed E-state index contributed by atoms with van der Waals surface area (Å²) in [6.45, 7) is 3.39. The molecule has 0 unspecified atom stereocenters. The molecule has 0 aliphatic heterocycles. The van der Waals surface area contributed by atoms with Gasteiger partial charge in [0.2, 0.25) is 0 Å². The lowest BCUT2D eigenvalue weighted by atomic mass is 10.2. The summed E-state index contributed by atoms with van der Waals surface area (Å²) in [5.41, 5.74) is 2.11. The van der Waals surface area contributed by atoms with Gasteiger partial charge in [-0.3, -0.25) is 4.99 Å². The number of thiazole rings is 1. The number of guanidine groups is 1. The van der Waals surface area contributed by atoms with Gasteiger partial charge in [0.1, 0.15) is 0 Å². The number of nitrogens with one attached hydrogen (secondary N) is 1. The summed E-state index contributed by atoms with van der Waals surface area (Å²) in [6.07, 6.45) is 0. The van der Waals surface area contributed by atoms with E-state index in [-0.39, 0.29) is 24.0 Å². The Balaban J connectivity index is 0.00000242. The van der Waals surface area contributed by atoms with Crippen LogP contribution in [0.3, 0.4) is 0 Å². The summed E-state index contributed by atoms with van der Waals surface area (Å²) in [5, 5.41) is 7.24. The van der Waals surface area contributed by atoms with Crippen LogP contribution in [0.25, 0.3) is 0 Å². The topological polar surface area (TPSA) is 40.5 Å². The fourth-order valence-corrected chi connectivity index (χ4v) is 2.81. The molecule has 1 aromatic carbocycles. The van der Waals surface area contributed by atoms with Crippen molar-refractivity contribution in [2.75, 3.05) is 14.1 Å². The second kappa shape index (κ2) is 9.32. The summed E-state index contributed by atoms with van der Waals surface area (Å²) in [6, 6.07) is 7.81. The molecule has 0 saturated carbocycles. The first-order valence-corrected chi connectivity index (χ1v) is 7.92. The van der Waals surface area contributed by atoms with Gasteiger partial charge in [0.15, 0.2) is 5.96 Å². The summed E-state index contributed by atoms with van der Waals surface area (Å²) in [4.78, 5) is 10.8. The normalized spacial score (nSPS) is 11.0. The zero-order chi connectivity index (χ0) is 15.2. The molecule has 1 N–H and O–H groups in total. The lowest BCUT2D eigenvalue weighted by molar-refractivity contribution is 0.470. The maximum absolute atomic E-state index is 6.16. The van der Waals surface area contributed by atoms with E-state index < -0.39 is 0 Å². The monoisotopic (exact) mass is 450 g/mol. The molecular weight excluding hydrogens is 431 g/mol. The highest BCUT2D eigenvalue weighted by atomic mass is 127. The van der Waals surface area contributed by atoms with E-state index in [1.165, 1.54) is 0 Å². The van der Waals surface area contributed by atoms with Crippen molar-refractivity contribution in [3.05, 3.63) is 50.9 Å². The molecule has 4 nitrogen and oxygen atoms in total. The van der Waals surface area contributed by atoms with Crippen LogP contribution in [-0.4, -0.2) is 29.9 Å². The van der Waals surface area contributed by atoms with Crippen LogP contribution in [0.5, 0.6) is 0 Å². The van der Waals surface area contributed by atoms with Crippen molar-refractivity contribution in [1.29, 1.82) is 0 Å². The smallest absolute Gasteiger partial charge is 0.194 e. The Morgan fingerprint density at radius 3 is 2.73 bits per heavy atom. The van der Waals surface area contributed by atoms with Crippen molar-refractivity contribution in [1.82, 2.24) is 15.2 Å². The van der Waals surface area contributed by atoms with E-state index in [1.54, 1.807) is 18.4 Å². The Morgan fingerprint density at radius 1 is 1.41 bits per heavy atom. The number of rotatable bonds is 4. The molecule has 0 saturated heterocycles. The van der Waals surface area contributed by atoms with Crippen LogP contribution >= 0.6 is 46.9 Å². The molecule has 0 fully saturated rings. The average molecular weight is 451 g/mol. The highest BCUT2D eigenvalue weighted by Gasteiger charge is 2.09. The molecule has 120 valence electrons. The van der Waals surface area contributed by atoms with Gasteiger partial charge in [-0.25, -0.2) is 4.98 Å². The Bertz CT molecular complexity index is 630. The van der Waals surface area contributed by atoms with Crippen molar-refractivity contribution >= 4 is 52.9 Å². The van der Waals surface area contributed by atoms with E-state index in [0.29, 0.717) is 6.54 Å². The number of hydrogen-bond acceptors (Lipinski definition) is 3. The van der Waals surface area contributed by atoms with E-state index in [2.05, 4.69) is 20.7 Å².